The molecule has 10 heteroatoms. The number of nitro benzene ring substituents is 1. The Kier molecular flexibility index (Phi) is 3.24. The highest BCUT2D eigenvalue weighted by Crippen LogP contribution is 2.50. The molecule has 0 aliphatic carbocycles. The van der Waals surface area contributed by atoms with Crippen molar-refractivity contribution in [2.75, 3.05) is 12.8 Å². The number of hydrogen-bond donors (Lipinski definition) is 2. The van der Waals surface area contributed by atoms with Gasteiger partial charge in [-0.3, -0.25) is 39.5 Å². The summed E-state index contributed by atoms with van der Waals surface area (Å²) in [5, 5.41) is 17.6. The van der Waals surface area contributed by atoms with Gasteiger partial charge in [0.15, 0.2) is 0 Å². The summed E-state index contributed by atoms with van der Waals surface area (Å²) in [4.78, 5) is 63.8. The first-order chi connectivity index (χ1) is 16.7. The van der Waals surface area contributed by atoms with E-state index >= 15 is 0 Å². The van der Waals surface area contributed by atoms with Crippen molar-refractivity contribution in [3.8, 4) is 0 Å². The van der Waals surface area contributed by atoms with Gasteiger partial charge in [0, 0.05) is 56.9 Å². The molecule has 0 saturated carbocycles. The van der Waals surface area contributed by atoms with Crippen LogP contribution in [0.1, 0.15) is 41.4 Å². The minimum Gasteiger partial charge on any atom is -0.398 e. The third-order valence-corrected chi connectivity index (χ3v) is 7.10. The molecule has 0 unspecified atom stereocenters. The van der Waals surface area contributed by atoms with Gasteiger partial charge in [0.05, 0.1) is 21.4 Å². The molecule has 4 amide bonds. The fourth-order valence-electron chi connectivity index (χ4n) is 5.67. The zero-order chi connectivity index (χ0) is 24.5. The minimum absolute atomic E-state index is 0.0524. The number of benzene rings is 5. The highest BCUT2D eigenvalue weighted by molar-refractivity contribution is 6.43. The van der Waals surface area contributed by atoms with Gasteiger partial charge in [-0.25, -0.2) is 0 Å². The van der Waals surface area contributed by atoms with Gasteiger partial charge >= 0.3 is 0 Å². The van der Waals surface area contributed by atoms with Gasteiger partial charge in [0.25, 0.3) is 29.3 Å². The van der Waals surface area contributed by atoms with Gasteiger partial charge in [0.2, 0.25) is 0 Å². The quantitative estimate of drug-likeness (QED) is 0.0963. The summed E-state index contributed by atoms with van der Waals surface area (Å²) in [6.45, 7) is 0. The van der Waals surface area contributed by atoms with E-state index in [2.05, 4.69) is 5.32 Å². The summed E-state index contributed by atoms with van der Waals surface area (Å²) >= 11 is 0. The van der Waals surface area contributed by atoms with Gasteiger partial charge in [-0.15, -0.1) is 0 Å². The van der Waals surface area contributed by atoms with Crippen molar-refractivity contribution in [1.82, 2.24) is 10.2 Å². The van der Waals surface area contributed by atoms with E-state index in [9.17, 15) is 29.3 Å². The van der Waals surface area contributed by atoms with E-state index in [1.165, 1.54) is 25.2 Å². The number of fused-ring (bicyclic) bond motifs is 2. The molecular formula is C25H12N4O6. The summed E-state index contributed by atoms with van der Waals surface area (Å²) in [6, 6.07) is 8.98. The Morgan fingerprint density at radius 1 is 0.743 bits per heavy atom. The number of carbonyl (C=O) groups excluding carboxylic acids is 4. The third-order valence-electron chi connectivity index (χ3n) is 7.10. The lowest BCUT2D eigenvalue weighted by Gasteiger charge is -2.26. The van der Waals surface area contributed by atoms with Gasteiger partial charge in [0.1, 0.15) is 0 Å². The van der Waals surface area contributed by atoms with Gasteiger partial charge in [-0.1, -0.05) is 12.1 Å². The van der Waals surface area contributed by atoms with Crippen LogP contribution in [0.15, 0.2) is 36.4 Å². The molecule has 0 fully saturated rings. The summed E-state index contributed by atoms with van der Waals surface area (Å²) < 4.78 is 0. The summed E-state index contributed by atoms with van der Waals surface area (Å²) in [7, 11) is 1.33. The van der Waals surface area contributed by atoms with Crippen molar-refractivity contribution in [2.24, 2.45) is 0 Å². The summed E-state index contributed by atoms with van der Waals surface area (Å²) in [5.74, 6) is -2.34. The molecular weight excluding hydrogens is 452 g/mol. The number of amides is 4. The normalized spacial score (nSPS) is 15.2. The van der Waals surface area contributed by atoms with E-state index in [4.69, 9.17) is 5.73 Å². The van der Waals surface area contributed by atoms with Crippen LogP contribution in [-0.2, 0) is 0 Å². The van der Waals surface area contributed by atoms with Crippen LogP contribution in [0.4, 0.5) is 11.4 Å². The molecule has 0 atom stereocenters. The van der Waals surface area contributed by atoms with Crippen LogP contribution < -0.4 is 11.1 Å². The highest BCUT2D eigenvalue weighted by atomic mass is 16.6. The zero-order valence-corrected chi connectivity index (χ0v) is 17.9. The lowest BCUT2D eigenvalue weighted by molar-refractivity contribution is -0.383. The molecule has 2 heterocycles. The van der Waals surface area contributed by atoms with Crippen molar-refractivity contribution >= 4 is 78.1 Å². The Bertz CT molecular complexity index is 1960. The first-order valence-corrected chi connectivity index (χ1v) is 10.6. The maximum Gasteiger partial charge on any atom is 0.278 e. The first-order valence-electron chi connectivity index (χ1n) is 10.6. The van der Waals surface area contributed by atoms with Crippen molar-refractivity contribution in [3.63, 3.8) is 0 Å². The molecule has 35 heavy (non-hydrogen) atoms. The standard InChI is InChI=1S/C25H12N4O6/c1-28-24(32)11-5-3-8-18-14(26)6-12-16-10(22(30)27-23(12)31)4-2-9(20(16)18)19-15(29(34)35)7-13(25(28)33)17(11)21(8)19/h2-7H,26H2,1H3,(H,27,30,31). The van der Waals surface area contributed by atoms with E-state index < -0.39 is 28.6 Å². The van der Waals surface area contributed by atoms with Crippen LogP contribution in [-0.4, -0.2) is 40.5 Å². The molecule has 0 radical (unpaired) electrons. The number of imide groups is 2. The Morgan fingerprint density at radius 2 is 1.31 bits per heavy atom. The van der Waals surface area contributed by atoms with E-state index in [-0.39, 0.29) is 39.0 Å². The van der Waals surface area contributed by atoms with Crippen LogP contribution in [0.2, 0.25) is 0 Å². The number of nitro groups is 1. The predicted molar refractivity (Wildman–Crippen MR) is 127 cm³/mol. The maximum atomic E-state index is 13.0. The second-order valence-corrected chi connectivity index (χ2v) is 8.74. The first kappa shape index (κ1) is 19.4. The number of nitrogen functional groups attached to an aromatic ring is 1. The predicted octanol–water partition coefficient (Wildman–Crippen LogP) is 3.34. The van der Waals surface area contributed by atoms with E-state index in [0.29, 0.717) is 37.7 Å². The van der Waals surface area contributed by atoms with Gasteiger partial charge in [-0.05, 0) is 29.0 Å². The van der Waals surface area contributed by atoms with Crippen molar-refractivity contribution in [1.29, 1.82) is 0 Å². The number of nitrogens with zero attached hydrogens (tertiary/aromatic N) is 2. The molecule has 0 saturated heterocycles. The minimum atomic E-state index is -0.638. The van der Waals surface area contributed by atoms with Crippen LogP contribution in [0.25, 0.3) is 43.1 Å². The third kappa shape index (κ3) is 2.05. The second-order valence-electron chi connectivity index (χ2n) is 8.74. The summed E-state index contributed by atoms with van der Waals surface area (Å²) in [6.07, 6.45) is 0. The molecule has 7 rings (SSSR count). The number of anilines is 1. The van der Waals surface area contributed by atoms with E-state index in [1.807, 2.05) is 0 Å². The zero-order valence-electron chi connectivity index (χ0n) is 17.9. The Morgan fingerprint density at radius 3 is 2.03 bits per heavy atom. The molecule has 0 aromatic heterocycles. The maximum absolute atomic E-state index is 13.0. The molecule has 2 aliphatic rings. The number of non-ortho nitro benzene ring substituents is 1. The number of carbonyl (C=O) groups is 4. The fourth-order valence-corrected chi connectivity index (χ4v) is 5.67. The fraction of sp³-hybridized carbons (Fsp3) is 0.0400. The lowest BCUT2D eigenvalue weighted by atomic mass is 9.81. The smallest absolute Gasteiger partial charge is 0.278 e. The largest absolute Gasteiger partial charge is 0.398 e. The van der Waals surface area contributed by atoms with E-state index in [0.717, 1.165) is 4.90 Å². The molecule has 0 spiro atoms. The highest BCUT2D eigenvalue weighted by Gasteiger charge is 2.36. The van der Waals surface area contributed by atoms with Crippen molar-refractivity contribution in [3.05, 3.63) is 68.8 Å². The van der Waals surface area contributed by atoms with Crippen molar-refractivity contribution < 1.29 is 24.1 Å². The Hall–Kier alpha value is -5.12. The molecule has 5 aromatic rings. The number of nitrogens with two attached hydrogens (primary N) is 1. The number of hydrogen-bond acceptors (Lipinski definition) is 7. The second kappa shape index (κ2) is 5.86. The van der Waals surface area contributed by atoms with Crippen LogP contribution >= 0.6 is 0 Å². The van der Waals surface area contributed by atoms with Crippen LogP contribution in [0.3, 0.4) is 0 Å². The number of rotatable bonds is 1. The molecule has 2 aliphatic heterocycles. The van der Waals surface area contributed by atoms with Crippen LogP contribution in [0.5, 0.6) is 0 Å². The SMILES string of the molecule is CN1C(=O)c2ccc3c4c(N)cc5c6c(ccc(c7c([N+](=O)[O-])cc(c2c37)C1=O)c64)C(=O)NC5=O. The van der Waals surface area contributed by atoms with Crippen LogP contribution in [0, 0.1) is 10.1 Å². The van der Waals surface area contributed by atoms with E-state index in [1.54, 1.807) is 18.2 Å². The average Bonchev–Trinajstić information content (AvgIpc) is 2.83. The topological polar surface area (TPSA) is 153 Å². The van der Waals surface area contributed by atoms with Crippen molar-refractivity contribution in [2.45, 2.75) is 0 Å². The molecule has 0 bridgehead atoms. The molecule has 3 N–H and O–H groups in total. The monoisotopic (exact) mass is 464 g/mol. The van der Waals surface area contributed by atoms with Gasteiger partial charge in [-0.2, -0.15) is 0 Å². The lowest BCUT2D eigenvalue weighted by Crippen LogP contribution is -2.37. The Labute approximate surface area is 194 Å². The summed E-state index contributed by atoms with van der Waals surface area (Å²) in [5.41, 5.74) is 7.10. The molecule has 168 valence electrons. The molecule has 10 nitrogen and oxygen atoms in total. The molecule has 5 aromatic carbocycles. The Balaban J connectivity index is 1.87. The number of nitrogens with one attached hydrogen (secondary N) is 1. The average molecular weight is 464 g/mol. The van der Waals surface area contributed by atoms with Gasteiger partial charge < -0.3 is 5.73 Å².